The van der Waals surface area contributed by atoms with Crippen LogP contribution >= 0.6 is 0 Å². The average Bonchev–Trinajstić information content (AvgIpc) is 3.25. The molecule has 2 aromatic heterocycles. The Labute approximate surface area is 129 Å². The van der Waals surface area contributed by atoms with Gasteiger partial charge in [0.25, 0.3) is 5.91 Å². The molecule has 1 fully saturated rings. The van der Waals surface area contributed by atoms with Crippen LogP contribution in [0.1, 0.15) is 67.2 Å². The Hall–Kier alpha value is -2.11. The fourth-order valence-corrected chi connectivity index (χ4v) is 2.72. The van der Waals surface area contributed by atoms with Gasteiger partial charge in [-0.1, -0.05) is 19.0 Å². The van der Waals surface area contributed by atoms with Crippen LogP contribution in [-0.4, -0.2) is 34.0 Å². The smallest absolute Gasteiger partial charge is 0.289 e. The van der Waals surface area contributed by atoms with Crippen LogP contribution in [0.2, 0.25) is 0 Å². The van der Waals surface area contributed by atoms with Gasteiger partial charge in [-0.2, -0.15) is 4.98 Å². The summed E-state index contributed by atoms with van der Waals surface area (Å²) in [6.07, 6.45) is 4.39. The normalized spacial score (nSPS) is 20.1. The van der Waals surface area contributed by atoms with E-state index in [0.29, 0.717) is 24.1 Å². The van der Waals surface area contributed by atoms with E-state index in [2.05, 4.69) is 24.0 Å². The number of rotatable bonds is 4. The van der Waals surface area contributed by atoms with Gasteiger partial charge in [0.2, 0.25) is 5.89 Å². The van der Waals surface area contributed by atoms with Crippen molar-refractivity contribution in [1.29, 1.82) is 0 Å². The van der Waals surface area contributed by atoms with Gasteiger partial charge in [0, 0.05) is 19.0 Å². The second-order valence-corrected chi connectivity index (χ2v) is 5.87. The van der Waals surface area contributed by atoms with Gasteiger partial charge >= 0.3 is 0 Å². The molecule has 6 heteroatoms. The average molecular weight is 303 g/mol. The molecule has 3 heterocycles. The Kier molecular flexibility index (Phi) is 4.27. The first kappa shape index (κ1) is 14.8. The van der Waals surface area contributed by atoms with Crippen molar-refractivity contribution in [2.75, 3.05) is 13.1 Å². The van der Waals surface area contributed by atoms with Gasteiger partial charge < -0.3 is 13.8 Å². The lowest BCUT2D eigenvalue weighted by atomic mass is 9.97. The van der Waals surface area contributed by atoms with Crippen LogP contribution in [-0.2, 0) is 0 Å². The third kappa shape index (κ3) is 2.91. The minimum absolute atomic E-state index is 0.0728. The number of nitrogens with zero attached hydrogens (tertiary/aromatic N) is 3. The Morgan fingerprint density at radius 1 is 1.55 bits per heavy atom. The van der Waals surface area contributed by atoms with E-state index in [9.17, 15) is 4.79 Å². The third-order valence-corrected chi connectivity index (χ3v) is 4.30. The summed E-state index contributed by atoms with van der Waals surface area (Å²) in [6.45, 7) is 5.53. The van der Waals surface area contributed by atoms with Gasteiger partial charge in [0.05, 0.1) is 12.2 Å². The van der Waals surface area contributed by atoms with Crippen LogP contribution in [0.3, 0.4) is 0 Å². The van der Waals surface area contributed by atoms with E-state index in [1.165, 1.54) is 6.26 Å². The Balaban J connectivity index is 1.70. The number of piperidine rings is 1. The molecule has 1 aliphatic rings. The van der Waals surface area contributed by atoms with Gasteiger partial charge in [-0.15, -0.1) is 0 Å². The van der Waals surface area contributed by atoms with Crippen molar-refractivity contribution in [3.8, 4) is 0 Å². The highest BCUT2D eigenvalue weighted by Gasteiger charge is 2.30. The van der Waals surface area contributed by atoms with Crippen molar-refractivity contribution >= 4 is 5.91 Å². The standard InChI is InChI=1S/C16H21N3O3/c1-3-11(2)14-17-15(22-18-14)12-6-4-8-19(10-12)16(20)13-7-5-9-21-13/h5,7,9,11-12H,3-4,6,8,10H2,1-2H3. The summed E-state index contributed by atoms with van der Waals surface area (Å²) in [4.78, 5) is 18.7. The SMILES string of the molecule is CCC(C)c1noc(C2CCCN(C(=O)c3ccco3)C2)n1. The molecule has 6 nitrogen and oxygen atoms in total. The van der Waals surface area contributed by atoms with Crippen LogP contribution in [0.5, 0.6) is 0 Å². The summed E-state index contributed by atoms with van der Waals surface area (Å²) in [6, 6.07) is 3.42. The molecule has 0 spiro atoms. The zero-order valence-electron chi connectivity index (χ0n) is 13.0. The van der Waals surface area contributed by atoms with Crippen molar-refractivity contribution < 1.29 is 13.7 Å². The number of carbonyl (C=O) groups is 1. The molecule has 1 aliphatic heterocycles. The molecule has 3 rings (SSSR count). The minimum atomic E-state index is -0.0728. The van der Waals surface area contributed by atoms with E-state index in [0.717, 1.165) is 31.6 Å². The number of amides is 1. The first-order valence-electron chi connectivity index (χ1n) is 7.85. The van der Waals surface area contributed by atoms with Crippen LogP contribution < -0.4 is 0 Å². The van der Waals surface area contributed by atoms with Crippen LogP contribution in [0, 0.1) is 0 Å². The molecule has 2 unspecified atom stereocenters. The monoisotopic (exact) mass is 303 g/mol. The quantitative estimate of drug-likeness (QED) is 0.867. The van der Waals surface area contributed by atoms with E-state index in [-0.39, 0.29) is 11.8 Å². The molecule has 118 valence electrons. The van der Waals surface area contributed by atoms with Gasteiger partial charge in [0.15, 0.2) is 11.6 Å². The highest BCUT2D eigenvalue weighted by molar-refractivity contribution is 5.91. The second-order valence-electron chi connectivity index (χ2n) is 5.87. The molecule has 1 amide bonds. The molecule has 0 bridgehead atoms. The summed E-state index contributed by atoms with van der Waals surface area (Å²) in [5, 5.41) is 4.07. The zero-order chi connectivity index (χ0) is 15.5. The van der Waals surface area contributed by atoms with E-state index in [4.69, 9.17) is 8.94 Å². The number of carbonyl (C=O) groups excluding carboxylic acids is 1. The molecule has 0 aromatic carbocycles. The van der Waals surface area contributed by atoms with Crippen LogP contribution in [0.15, 0.2) is 27.3 Å². The topological polar surface area (TPSA) is 72.4 Å². The summed E-state index contributed by atoms with van der Waals surface area (Å²) in [5.74, 6) is 2.11. The Morgan fingerprint density at radius 3 is 3.14 bits per heavy atom. The molecular formula is C16H21N3O3. The van der Waals surface area contributed by atoms with Crippen molar-refractivity contribution in [2.24, 2.45) is 0 Å². The molecule has 0 N–H and O–H groups in total. The Morgan fingerprint density at radius 2 is 2.41 bits per heavy atom. The van der Waals surface area contributed by atoms with E-state index < -0.39 is 0 Å². The van der Waals surface area contributed by atoms with E-state index in [1.807, 2.05) is 0 Å². The summed E-state index contributed by atoms with van der Waals surface area (Å²) in [5.41, 5.74) is 0. The predicted octanol–water partition coefficient (Wildman–Crippen LogP) is 3.20. The minimum Gasteiger partial charge on any atom is -0.459 e. The highest BCUT2D eigenvalue weighted by Crippen LogP contribution is 2.28. The number of furan rings is 1. The van der Waals surface area contributed by atoms with Gasteiger partial charge in [-0.05, 0) is 31.4 Å². The number of hydrogen-bond acceptors (Lipinski definition) is 5. The number of aromatic nitrogens is 2. The van der Waals surface area contributed by atoms with Crippen LogP contribution in [0.25, 0.3) is 0 Å². The van der Waals surface area contributed by atoms with Crippen molar-refractivity contribution in [3.05, 3.63) is 35.9 Å². The molecule has 1 saturated heterocycles. The fourth-order valence-electron chi connectivity index (χ4n) is 2.72. The molecule has 0 radical (unpaired) electrons. The highest BCUT2D eigenvalue weighted by atomic mass is 16.5. The summed E-state index contributed by atoms with van der Waals surface area (Å²) in [7, 11) is 0. The van der Waals surface area contributed by atoms with Crippen LogP contribution in [0.4, 0.5) is 0 Å². The van der Waals surface area contributed by atoms with Crippen molar-refractivity contribution in [2.45, 2.75) is 44.9 Å². The predicted molar refractivity (Wildman–Crippen MR) is 79.6 cm³/mol. The zero-order valence-corrected chi connectivity index (χ0v) is 13.0. The largest absolute Gasteiger partial charge is 0.459 e. The first-order chi connectivity index (χ1) is 10.7. The van der Waals surface area contributed by atoms with E-state index in [1.54, 1.807) is 17.0 Å². The molecule has 2 atom stereocenters. The summed E-state index contributed by atoms with van der Waals surface area (Å²) >= 11 is 0. The molecule has 2 aromatic rings. The molecular weight excluding hydrogens is 282 g/mol. The third-order valence-electron chi connectivity index (χ3n) is 4.30. The molecule has 0 aliphatic carbocycles. The van der Waals surface area contributed by atoms with Gasteiger partial charge in [0.1, 0.15) is 0 Å². The summed E-state index contributed by atoms with van der Waals surface area (Å²) < 4.78 is 10.6. The number of likely N-dealkylation sites (tertiary alicyclic amines) is 1. The van der Waals surface area contributed by atoms with Crippen molar-refractivity contribution in [1.82, 2.24) is 15.0 Å². The van der Waals surface area contributed by atoms with Gasteiger partial charge in [-0.3, -0.25) is 4.79 Å². The fraction of sp³-hybridized carbons (Fsp3) is 0.562. The van der Waals surface area contributed by atoms with Crippen molar-refractivity contribution in [3.63, 3.8) is 0 Å². The Bertz CT molecular complexity index is 620. The molecule has 0 saturated carbocycles. The maximum atomic E-state index is 12.4. The lowest BCUT2D eigenvalue weighted by Crippen LogP contribution is -2.39. The maximum absolute atomic E-state index is 12.4. The second kappa shape index (κ2) is 6.34. The molecule has 22 heavy (non-hydrogen) atoms. The lowest BCUT2D eigenvalue weighted by molar-refractivity contribution is 0.0663. The van der Waals surface area contributed by atoms with Gasteiger partial charge in [-0.25, -0.2) is 0 Å². The van der Waals surface area contributed by atoms with E-state index >= 15 is 0 Å². The number of hydrogen-bond donors (Lipinski definition) is 0. The maximum Gasteiger partial charge on any atom is 0.289 e. The first-order valence-corrected chi connectivity index (χ1v) is 7.85. The lowest BCUT2D eigenvalue weighted by Gasteiger charge is -2.30.